The number of aliphatic imine (C=N–C) groups is 1. The van der Waals surface area contributed by atoms with Crippen LogP contribution >= 0.6 is 8.58 Å². The maximum atomic E-state index is 4.69. The Labute approximate surface area is 116 Å². The summed E-state index contributed by atoms with van der Waals surface area (Å²) in [5, 5.41) is 4.13. The first-order valence-electron chi connectivity index (χ1n) is 6.87. The van der Waals surface area contributed by atoms with E-state index in [1.807, 2.05) is 0 Å². The summed E-state index contributed by atoms with van der Waals surface area (Å²) in [5.74, 6) is 0. The molecule has 0 saturated heterocycles. The number of rotatable bonds is 3. The first-order valence-corrected chi connectivity index (χ1v) is 8.08. The summed E-state index contributed by atoms with van der Waals surface area (Å²) in [7, 11) is 0.847. The first-order chi connectivity index (χ1) is 9.12. The fraction of sp³-hybridized carbons (Fsp3) is 0.353. The van der Waals surface area contributed by atoms with Crippen molar-refractivity contribution in [3.63, 3.8) is 0 Å². The molecule has 3 rings (SSSR count). The Morgan fingerprint density at radius 2 is 1.89 bits per heavy atom. The number of benzene rings is 2. The van der Waals surface area contributed by atoms with Gasteiger partial charge in [0, 0.05) is 18.4 Å². The maximum absolute atomic E-state index is 4.69. The van der Waals surface area contributed by atoms with Gasteiger partial charge in [0.15, 0.2) is 0 Å². The van der Waals surface area contributed by atoms with Gasteiger partial charge in [0.05, 0.1) is 0 Å². The van der Waals surface area contributed by atoms with E-state index in [1.165, 1.54) is 28.2 Å². The van der Waals surface area contributed by atoms with Crippen molar-refractivity contribution in [2.24, 2.45) is 10.4 Å². The highest BCUT2D eigenvalue weighted by atomic mass is 31.1. The van der Waals surface area contributed by atoms with E-state index in [4.69, 9.17) is 0 Å². The molecule has 1 heterocycles. The van der Waals surface area contributed by atoms with Crippen LogP contribution in [-0.2, 0) is 0 Å². The second-order valence-corrected chi connectivity index (χ2v) is 7.42. The number of hydrogen-bond donors (Lipinski definition) is 0. The molecule has 0 N–H and O–H groups in total. The van der Waals surface area contributed by atoms with E-state index >= 15 is 0 Å². The quantitative estimate of drug-likeness (QED) is 0.746. The minimum Gasteiger partial charge on any atom is -0.293 e. The summed E-state index contributed by atoms with van der Waals surface area (Å²) in [6, 6.07) is 15.4. The third kappa shape index (κ3) is 3.04. The van der Waals surface area contributed by atoms with Gasteiger partial charge in [-0.2, -0.15) is 0 Å². The van der Waals surface area contributed by atoms with Crippen LogP contribution in [0.15, 0.2) is 47.5 Å². The van der Waals surface area contributed by atoms with Gasteiger partial charge in [0.25, 0.3) is 0 Å². The van der Waals surface area contributed by atoms with Crippen molar-refractivity contribution in [1.29, 1.82) is 0 Å². The molecular weight excluding hydrogens is 249 g/mol. The lowest BCUT2D eigenvalue weighted by atomic mass is 9.91. The Kier molecular flexibility index (Phi) is 3.41. The van der Waals surface area contributed by atoms with Crippen LogP contribution in [0.5, 0.6) is 0 Å². The Balaban J connectivity index is 1.69. The topological polar surface area (TPSA) is 12.4 Å². The van der Waals surface area contributed by atoms with E-state index < -0.39 is 0 Å². The number of nitrogens with zero attached hydrogens (tertiary/aromatic N) is 1. The average molecular weight is 269 g/mol. The van der Waals surface area contributed by atoms with E-state index in [-0.39, 0.29) is 0 Å². The van der Waals surface area contributed by atoms with Gasteiger partial charge >= 0.3 is 0 Å². The van der Waals surface area contributed by atoms with Crippen LogP contribution in [0.3, 0.4) is 0 Å². The van der Waals surface area contributed by atoms with Gasteiger partial charge in [-0.1, -0.05) is 58.8 Å². The van der Waals surface area contributed by atoms with E-state index in [2.05, 4.69) is 61.3 Å². The SMILES string of the molecule is CC1(C)CN=C(CPc2ccc3ccccc3c2)C1. The Hall–Kier alpha value is -1.20. The van der Waals surface area contributed by atoms with Crippen LogP contribution in [0.25, 0.3) is 10.8 Å². The average Bonchev–Trinajstić information content (AvgIpc) is 2.76. The van der Waals surface area contributed by atoms with Gasteiger partial charge in [-0.3, -0.25) is 4.99 Å². The summed E-state index contributed by atoms with van der Waals surface area (Å²) < 4.78 is 0. The number of hydrogen-bond acceptors (Lipinski definition) is 1. The molecule has 1 aliphatic heterocycles. The molecule has 0 aromatic heterocycles. The summed E-state index contributed by atoms with van der Waals surface area (Å²) in [6.45, 7) is 5.62. The van der Waals surface area contributed by atoms with Crippen LogP contribution in [0.1, 0.15) is 20.3 Å². The summed E-state index contributed by atoms with van der Waals surface area (Å²) >= 11 is 0. The third-order valence-electron chi connectivity index (χ3n) is 3.66. The zero-order valence-corrected chi connectivity index (χ0v) is 12.6. The lowest BCUT2D eigenvalue weighted by Gasteiger charge is -2.14. The first kappa shape index (κ1) is 12.8. The van der Waals surface area contributed by atoms with Crippen molar-refractivity contribution in [3.8, 4) is 0 Å². The molecule has 2 heteroatoms. The molecule has 0 spiro atoms. The highest BCUT2D eigenvalue weighted by Gasteiger charge is 2.25. The molecule has 0 aliphatic carbocycles. The van der Waals surface area contributed by atoms with Crippen LogP contribution in [0.2, 0.25) is 0 Å². The zero-order chi connectivity index (χ0) is 13.3. The number of fused-ring (bicyclic) bond motifs is 1. The molecule has 0 radical (unpaired) electrons. The second kappa shape index (κ2) is 5.06. The lowest BCUT2D eigenvalue weighted by molar-refractivity contribution is 0.423. The minimum atomic E-state index is 0.392. The minimum absolute atomic E-state index is 0.392. The molecule has 19 heavy (non-hydrogen) atoms. The van der Waals surface area contributed by atoms with Crippen molar-refractivity contribution >= 4 is 30.4 Å². The maximum Gasteiger partial charge on any atom is 0.0443 e. The molecular formula is C17H20NP. The van der Waals surface area contributed by atoms with Gasteiger partial charge in [0.1, 0.15) is 0 Å². The standard InChI is InChI=1S/C17H20NP/c1-17(2)10-15(18-12-17)11-19-16-8-7-13-5-3-4-6-14(13)9-16/h3-9,19H,10-12H2,1-2H3. The molecule has 1 atom stereocenters. The van der Waals surface area contributed by atoms with E-state index in [9.17, 15) is 0 Å². The van der Waals surface area contributed by atoms with Crippen LogP contribution in [0.4, 0.5) is 0 Å². The highest BCUT2D eigenvalue weighted by molar-refractivity contribution is 7.48. The monoisotopic (exact) mass is 269 g/mol. The molecule has 1 aliphatic rings. The normalized spacial score (nSPS) is 18.3. The predicted molar refractivity (Wildman–Crippen MR) is 87.5 cm³/mol. The fourth-order valence-electron chi connectivity index (χ4n) is 2.61. The zero-order valence-electron chi connectivity index (χ0n) is 11.6. The molecule has 1 unspecified atom stereocenters. The van der Waals surface area contributed by atoms with E-state index in [0.29, 0.717) is 5.41 Å². The molecule has 2 aromatic rings. The fourth-order valence-corrected chi connectivity index (χ4v) is 3.72. The van der Waals surface area contributed by atoms with Crippen molar-refractivity contribution in [1.82, 2.24) is 0 Å². The molecule has 0 amide bonds. The van der Waals surface area contributed by atoms with E-state index in [1.54, 1.807) is 0 Å². The highest BCUT2D eigenvalue weighted by Crippen LogP contribution is 2.29. The van der Waals surface area contributed by atoms with Crippen molar-refractivity contribution in [2.45, 2.75) is 20.3 Å². The van der Waals surface area contributed by atoms with Gasteiger partial charge in [-0.25, -0.2) is 0 Å². The Morgan fingerprint density at radius 3 is 2.63 bits per heavy atom. The summed E-state index contributed by atoms with van der Waals surface area (Å²) in [6.07, 6.45) is 2.31. The molecule has 1 nitrogen and oxygen atoms in total. The van der Waals surface area contributed by atoms with Crippen molar-refractivity contribution in [3.05, 3.63) is 42.5 Å². The van der Waals surface area contributed by atoms with Crippen LogP contribution in [-0.4, -0.2) is 18.4 Å². The van der Waals surface area contributed by atoms with Gasteiger partial charge in [-0.05, 0) is 34.0 Å². The van der Waals surface area contributed by atoms with Crippen LogP contribution in [0, 0.1) is 5.41 Å². The summed E-state index contributed by atoms with van der Waals surface area (Å²) in [4.78, 5) is 4.69. The Morgan fingerprint density at radius 1 is 1.11 bits per heavy atom. The molecule has 0 fully saturated rings. The molecule has 98 valence electrons. The van der Waals surface area contributed by atoms with Gasteiger partial charge < -0.3 is 0 Å². The van der Waals surface area contributed by atoms with Crippen molar-refractivity contribution < 1.29 is 0 Å². The molecule has 2 aromatic carbocycles. The second-order valence-electron chi connectivity index (χ2n) is 6.14. The molecule has 0 bridgehead atoms. The smallest absolute Gasteiger partial charge is 0.0443 e. The van der Waals surface area contributed by atoms with Crippen LogP contribution < -0.4 is 5.30 Å². The lowest BCUT2D eigenvalue weighted by Crippen LogP contribution is -2.13. The molecule has 0 saturated carbocycles. The van der Waals surface area contributed by atoms with E-state index in [0.717, 1.165) is 21.3 Å². The third-order valence-corrected chi connectivity index (χ3v) is 4.96. The van der Waals surface area contributed by atoms with Crippen molar-refractivity contribution in [2.75, 3.05) is 12.7 Å². The largest absolute Gasteiger partial charge is 0.293 e. The summed E-state index contributed by atoms with van der Waals surface area (Å²) in [5.41, 5.74) is 1.81. The predicted octanol–water partition coefficient (Wildman–Crippen LogP) is 4.01. The van der Waals surface area contributed by atoms with Gasteiger partial charge in [0.2, 0.25) is 0 Å². The van der Waals surface area contributed by atoms with Gasteiger partial charge in [-0.15, -0.1) is 0 Å². The Bertz CT molecular complexity index is 628.